The van der Waals surface area contributed by atoms with Crippen LogP contribution >= 0.6 is 0 Å². The number of hydrogen-bond donors (Lipinski definition) is 4. The molecule has 2 aromatic carbocycles. The maximum atomic E-state index is 13.6. The molecule has 0 spiro atoms. The van der Waals surface area contributed by atoms with Crippen LogP contribution in [0.5, 0.6) is 11.5 Å². The van der Waals surface area contributed by atoms with Gasteiger partial charge in [-0.3, -0.25) is 24.5 Å². The molecule has 1 aromatic heterocycles. The van der Waals surface area contributed by atoms with Crippen molar-refractivity contribution < 1.29 is 15.0 Å². The van der Waals surface area contributed by atoms with Crippen LogP contribution < -0.4 is 16.1 Å². The van der Waals surface area contributed by atoms with Crippen molar-refractivity contribution in [3.8, 4) is 11.5 Å². The van der Waals surface area contributed by atoms with Gasteiger partial charge in [-0.05, 0) is 53.8 Å². The number of nitrogens with one attached hydrogen (secondary N) is 2. The average molecular weight is 445 g/mol. The zero-order valence-electron chi connectivity index (χ0n) is 18.2. The Morgan fingerprint density at radius 1 is 0.879 bits per heavy atom. The quantitative estimate of drug-likeness (QED) is 0.479. The van der Waals surface area contributed by atoms with E-state index in [0.29, 0.717) is 35.4 Å². The Hall–Kier alpha value is -4.07. The summed E-state index contributed by atoms with van der Waals surface area (Å²) in [5.41, 5.74) is 1.16. The minimum atomic E-state index is -0.701. The monoisotopic (exact) mass is 445 g/mol. The van der Waals surface area contributed by atoms with Crippen molar-refractivity contribution in [2.24, 2.45) is 5.41 Å². The molecule has 168 valence electrons. The smallest absolute Gasteiger partial charge is 0.327 e. The van der Waals surface area contributed by atoms with Crippen LogP contribution in [0.4, 0.5) is 11.5 Å². The van der Waals surface area contributed by atoms with Crippen molar-refractivity contribution in [3.05, 3.63) is 91.8 Å². The van der Waals surface area contributed by atoms with Gasteiger partial charge < -0.3 is 10.2 Å². The summed E-state index contributed by atoms with van der Waals surface area (Å²) in [5.74, 6) is -0.336. The number of ketones is 1. The summed E-state index contributed by atoms with van der Waals surface area (Å²) in [4.78, 5) is 45.9. The molecule has 33 heavy (non-hydrogen) atoms. The number of carbonyl (C=O) groups excluding carboxylic acids is 1. The van der Waals surface area contributed by atoms with Crippen molar-refractivity contribution in [2.45, 2.75) is 32.6 Å². The molecule has 3 aromatic rings. The molecule has 1 atom stereocenters. The molecule has 4 N–H and O–H groups in total. The van der Waals surface area contributed by atoms with E-state index < -0.39 is 17.2 Å². The molecule has 0 radical (unpaired) electrons. The Bertz CT molecular complexity index is 1410. The highest BCUT2D eigenvalue weighted by molar-refractivity contribution is 6.02. The molecule has 2 heterocycles. The van der Waals surface area contributed by atoms with E-state index in [4.69, 9.17) is 0 Å². The number of aromatic nitrogens is 2. The number of benzene rings is 2. The van der Waals surface area contributed by atoms with Gasteiger partial charge in [0, 0.05) is 29.3 Å². The molecule has 5 rings (SSSR count). The molecule has 0 saturated carbocycles. The van der Waals surface area contributed by atoms with Gasteiger partial charge in [0.1, 0.15) is 17.3 Å². The van der Waals surface area contributed by atoms with Gasteiger partial charge in [0.2, 0.25) is 0 Å². The van der Waals surface area contributed by atoms with E-state index in [0.717, 1.165) is 0 Å². The molecule has 0 bridgehead atoms. The summed E-state index contributed by atoms with van der Waals surface area (Å²) in [6, 6.07) is 12.8. The summed E-state index contributed by atoms with van der Waals surface area (Å²) in [7, 11) is 0. The number of nitrogens with zero attached hydrogens (tertiary/aromatic N) is 1. The van der Waals surface area contributed by atoms with Crippen LogP contribution in [0.1, 0.15) is 43.7 Å². The first-order valence-corrected chi connectivity index (χ1v) is 10.7. The summed E-state index contributed by atoms with van der Waals surface area (Å²) < 4.78 is 0. The Morgan fingerprint density at radius 3 is 2.12 bits per heavy atom. The molecule has 0 fully saturated rings. The number of Topliss-reactive ketones (excluding diaryl/α,β-unsaturated/α-hetero) is 1. The van der Waals surface area contributed by atoms with Crippen molar-refractivity contribution in [2.75, 3.05) is 4.90 Å². The predicted octanol–water partition coefficient (Wildman–Crippen LogP) is 3.40. The SMILES string of the molecule is CC1(C)CC(=O)C2=C(C1)N(c1ccc(O)cc1)c1[nH]c(=O)[nH]c(=O)c1C2c1ccc(O)cc1. The Kier molecular flexibility index (Phi) is 4.56. The predicted molar refractivity (Wildman–Crippen MR) is 123 cm³/mol. The second-order valence-corrected chi connectivity index (χ2v) is 9.35. The third-order valence-corrected chi connectivity index (χ3v) is 6.26. The Labute approximate surface area is 188 Å². The summed E-state index contributed by atoms with van der Waals surface area (Å²) in [5, 5.41) is 19.6. The van der Waals surface area contributed by atoms with E-state index in [1.165, 1.54) is 24.3 Å². The number of H-pyrrole nitrogens is 2. The number of fused-ring (bicyclic) bond motifs is 1. The fourth-order valence-electron chi connectivity index (χ4n) is 4.92. The van der Waals surface area contributed by atoms with Crippen LogP contribution in [-0.4, -0.2) is 26.0 Å². The highest BCUT2D eigenvalue weighted by atomic mass is 16.3. The number of phenols is 2. The minimum absolute atomic E-state index is 0.0700. The van der Waals surface area contributed by atoms with Crippen molar-refractivity contribution in [3.63, 3.8) is 0 Å². The lowest BCUT2D eigenvalue weighted by atomic mass is 9.68. The van der Waals surface area contributed by atoms with Gasteiger partial charge in [-0.2, -0.15) is 0 Å². The van der Waals surface area contributed by atoms with Crippen LogP contribution in [0.25, 0.3) is 0 Å². The number of aromatic hydroxyl groups is 2. The Morgan fingerprint density at radius 2 is 1.48 bits per heavy atom. The van der Waals surface area contributed by atoms with Crippen LogP contribution in [-0.2, 0) is 4.79 Å². The van der Waals surface area contributed by atoms with E-state index in [9.17, 15) is 24.6 Å². The first kappa shape index (κ1) is 20.8. The summed E-state index contributed by atoms with van der Waals surface area (Å²) in [6.07, 6.45) is 0.859. The molecule has 0 amide bonds. The molecule has 0 saturated heterocycles. The first-order valence-electron chi connectivity index (χ1n) is 10.7. The van der Waals surface area contributed by atoms with Gasteiger partial charge >= 0.3 is 5.69 Å². The van der Waals surface area contributed by atoms with E-state index in [1.807, 2.05) is 13.8 Å². The van der Waals surface area contributed by atoms with Gasteiger partial charge in [0.05, 0.1) is 5.56 Å². The number of allylic oxidation sites excluding steroid dienone is 2. The molecule has 8 nitrogen and oxygen atoms in total. The average Bonchev–Trinajstić information content (AvgIpc) is 2.73. The number of carbonyl (C=O) groups is 1. The molecular weight excluding hydrogens is 422 g/mol. The fraction of sp³-hybridized carbons (Fsp3) is 0.240. The maximum Gasteiger partial charge on any atom is 0.327 e. The zero-order valence-corrected chi connectivity index (χ0v) is 18.2. The highest BCUT2D eigenvalue weighted by Gasteiger charge is 2.45. The van der Waals surface area contributed by atoms with Crippen LogP contribution in [0, 0.1) is 5.41 Å². The largest absolute Gasteiger partial charge is 0.508 e. The number of anilines is 2. The van der Waals surface area contributed by atoms with Gasteiger partial charge in [0.15, 0.2) is 5.78 Å². The normalized spacial score (nSPS) is 19.3. The summed E-state index contributed by atoms with van der Waals surface area (Å²) in [6.45, 7) is 4.02. The number of phenolic OH excluding ortho intramolecular Hbond substituents is 2. The third-order valence-electron chi connectivity index (χ3n) is 6.26. The van der Waals surface area contributed by atoms with Gasteiger partial charge in [-0.15, -0.1) is 0 Å². The van der Waals surface area contributed by atoms with E-state index in [-0.39, 0.29) is 34.1 Å². The van der Waals surface area contributed by atoms with Crippen molar-refractivity contribution >= 4 is 17.3 Å². The lowest BCUT2D eigenvalue weighted by molar-refractivity contribution is -0.118. The maximum absolute atomic E-state index is 13.6. The third kappa shape index (κ3) is 3.44. The van der Waals surface area contributed by atoms with Crippen molar-refractivity contribution in [1.82, 2.24) is 9.97 Å². The van der Waals surface area contributed by atoms with Gasteiger partial charge in [-0.25, -0.2) is 4.79 Å². The lowest BCUT2D eigenvalue weighted by Crippen LogP contribution is -2.42. The minimum Gasteiger partial charge on any atom is -0.508 e. The first-order chi connectivity index (χ1) is 15.6. The molecule has 1 unspecified atom stereocenters. The highest BCUT2D eigenvalue weighted by Crippen LogP contribution is 2.52. The van der Waals surface area contributed by atoms with Gasteiger partial charge in [0.25, 0.3) is 5.56 Å². The van der Waals surface area contributed by atoms with E-state index in [1.54, 1.807) is 29.2 Å². The molecule has 2 aliphatic rings. The number of hydrogen-bond acceptors (Lipinski definition) is 6. The van der Waals surface area contributed by atoms with E-state index >= 15 is 0 Å². The number of aromatic amines is 2. The molecular formula is C25H23N3O5. The zero-order chi connectivity index (χ0) is 23.5. The standard InChI is InChI=1S/C25H23N3O5/c1-25(2)11-17-20(18(31)12-25)19(13-3-7-15(29)8-4-13)21-22(26-24(33)27-23(21)32)28(17)14-5-9-16(30)10-6-14/h3-10,19,29-30H,11-12H2,1-2H3,(H2,26,27,32,33). The molecule has 1 aliphatic heterocycles. The van der Waals surface area contributed by atoms with E-state index in [2.05, 4.69) is 9.97 Å². The molecule has 8 heteroatoms. The van der Waals surface area contributed by atoms with Crippen LogP contribution in [0.2, 0.25) is 0 Å². The number of rotatable bonds is 2. The van der Waals surface area contributed by atoms with Crippen LogP contribution in [0.3, 0.4) is 0 Å². The Balaban J connectivity index is 1.88. The van der Waals surface area contributed by atoms with Crippen molar-refractivity contribution in [1.29, 1.82) is 0 Å². The topological polar surface area (TPSA) is 126 Å². The second kappa shape index (κ2) is 7.23. The summed E-state index contributed by atoms with van der Waals surface area (Å²) >= 11 is 0. The molecule has 1 aliphatic carbocycles. The fourth-order valence-corrected chi connectivity index (χ4v) is 4.92. The van der Waals surface area contributed by atoms with Crippen LogP contribution in [0.15, 0.2) is 69.4 Å². The second-order valence-electron chi connectivity index (χ2n) is 9.35. The lowest BCUT2D eigenvalue weighted by Gasteiger charge is -2.44. The van der Waals surface area contributed by atoms with Gasteiger partial charge in [-0.1, -0.05) is 26.0 Å².